The van der Waals surface area contributed by atoms with Gasteiger partial charge in [-0.3, -0.25) is 0 Å². The zero-order chi connectivity index (χ0) is 13.2. The summed E-state index contributed by atoms with van der Waals surface area (Å²) < 4.78 is 0.982. The van der Waals surface area contributed by atoms with Gasteiger partial charge in [-0.1, -0.05) is 47.5 Å². The summed E-state index contributed by atoms with van der Waals surface area (Å²) in [4.78, 5) is 0. The van der Waals surface area contributed by atoms with E-state index in [0.717, 1.165) is 28.9 Å². The Morgan fingerprint density at radius 2 is 2.17 bits per heavy atom. The maximum atomic E-state index is 10.9. The molecule has 1 aliphatic heterocycles. The van der Waals surface area contributed by atoms with Crippen molar-refractivity contribution >= 4 is 15.9 Å². The van der Waals surface area contributed by atoms with Crippen molar-refractivity contribution in [2.24, 2.45) is 5.92 Å². The number of piperidine rings is 1. The molecule has 2 rings (SSSR count). The summed E-state index contributed by atoms with van der Waals surface area (Å²) in [5.41, 5.74) is 0.146. The van der Waals surface area contributed by atoms with Crippen molar-refractivity contribution in [2.75, 3.05) is 6.54 Å². The molecule has 0 aliphatic carbocycles. The highest BCUT2D eigenvalue weighted by Gasteiger charge is 2.37. The van der Waals surface area contributed by atoms with E-state index in [9.17, 15) is 5.11 Å². The van der Waals surface area contributed by atoms with E-state index < -0.39 is 5.60 Å². The number of hydrogen-bond donors (Lipinski definition) is 2. The van der Waals surface area contributed by atoms with Gasteiger partial charge in [0.25, 0.3) is 0 Å². The van der Waals surface area contributed by atoms with E-state index in [1.807, 2.05) is 31.2 Å². The van der Waals surface area contributed by atoms with Gasteiger partial charge in [-0.25, -0.2) is 0 Å². The first-order valence-corrected chi connectivity index (χ1v) is 7.55. The van der Waals surface area contributed by atoms with Crippen molar-refractivity contribution in [1.29, 1.82) is 0 Å². The number of aliphatic hydroxyl groups is 1. The Morgan fingerprint density at radius 1 is 1.44 bits per heavy atom. The predicted molar refractivity (Wildman–Crippen MR) is 78.5 cm³/mol. The average molecular weight is 312 g/mol. The van der Waals surface area contributed by atoms with Gasteiger partial charge in [0.1, 0.15) is 5.60 Å². The van der Waals surface area contributed by atoms with Crippen molar-refractivity contribution in [3.8, 4) is 0 Å². The molecule has 0 bridgehead atoms. The molecule has 3 atom stereocenters. The molecule has 1 heterocycles. The van der Waals surface area contributed by atoms with Crippen LogP contribution in [0.5, 0.6) is 0 Å². The van der Waals surface area contributed by atoms with Gasteiger partial charge in [0.05, 0.1) is 0 Å². The highest BCUT2D eigenvalue weighted by Crippen LogP contribution is 2.35. The third-order valence-corrected chi connectivity index (χ3v) is 4.88. The van der Waals surface area contributed by atoms with Gasteiger partial charge in [-0.2, -0.15) is 0 Å². The van der Waals surface area contributed by atoms with Crippen LogP contribution in [0.2, 0.25) is 0 Å². The Morgan fingerprint density at radius 3 is 2.83 bits per heavy atom. The smallest absolute Gasteiger partial charge is 0.103 e. The molecule has 1 aromatic carbocycles. The largest absolute Gasteiger partial charge is 0.384 e. The molecule has 2 N–H and O–H groups in total. The first-order chi connectivity index (χ1) is 8.55. The fourth-order valence-corrected chi connectivity index (χ4v) is 3.54. The summed E-state index contributed by atoms with van der Waals surface area (Å²) in [5, 5.41) is 14.4. The standard InChI is InChI=1S/C15H22BrNO/c1-3-11-8-9-17-14(10-11)15(2,18)12-6-4-5-7-13(12)16/h4-7,11,14,17-18H,3,8-10H2,1-2H3. The molecule has 0 radical (unpaired) electrons. The molecule has 1 fully saturated rings. The first kappa shape index (κ1) is 14.0. The molecule has 18 heavy (non-hydrogen) atoms. The SMILES string of the molecule is CCC1CCNC(C(C)(O)c2ccccc2Br)C1. The summed E-state index contributed by atoms with van der Waals surface area (Å²) in [6.07, 6.45) is 3.47. The minimum Gasteiger partial charge on any atom is -0.384 e. The molecule has 100 valence electrons. The average Bonchev–Trinajstić information content (AvgIpc) is 2.39. The summed E-state index contributed by atoms with van der Waals surface area (Å²) in [6.45, 7) is 5.16. The Labute approximate surface area is 118 Å². The number of nitrogens with one attached hydrogen (secondary N) is 1. The number of rotatable bonds is 3. The van der Waals surface area contributed by atoms with Crippen LogP contribution in [0.15, 0.2) is 28.7 Å². The lowest BCUT2D eigenvalue weighted by Crippen LogP contribution is -2.51. The van der Waals surface area contributed by atoms with E-state index >= 15 is 0 Å². The van der Waals surface area contributed by atoms with Crippen molar-refractivity contribution in [3.63, 3.8) is 0 Å². The summed E-state index contributed by atoms with van der Waals surface area (Å²) in [5.74, 6) is 0.727. The summed E-state index contributed by atoms with van der Waals surface area (Å²) in [6, 6.07) is 8.09. The van der Waals surface area contributed by atoms with Crippen molar-refractivity contribution in [3.05, 3.63) is 34.3 Å². The summed E-state index contributed by atoms with van der Waals surface area (Å²) >= 11 is 3.54. The van der Waals surface area contributed by atoms with E-state index in [2.05, 4.69) is 28.2 Å². The van der Waals surface area contributed by atoms with Crippen molar-refractivity contribution in [1.82, 2.24) is 5.32 Å². The number of halogens is 1. The maximum absolute atomic E-state index is 10.9. The quantitative estimate of drug-likeness (QED) is 0.896. The molecule has 2 nitrogen and oxygen atoms in total. The highest BCUT2D eigenvalue weighted by atomic mass is 79.9. The van der Waals surface area contributed by atoms with Crippen molar-refractivity contribution < 1.29 is 5.11 Å². The Hall–Kier alpha value is -0.380. The van der Waals surface area contributed by atoms with E-state index in [0.29, 0.717) is 0 Å². The lowest BCUT2D eigenvalue weighted by atomic mass is 9.79. The van der Waals surface area contributed by atoms with E-state index in [1.165, 1.54) is 12.8 Å². The lowest BCUT2D eigenvalue weighted by molar-refractivity contribution is -0.00369. The second-order valence-electron chi connectivity index (χ2n) is 5.43. The van der Waals surface area contributed by atoms with Crippen LogP contribution >= 0.6 is 15.9 Å². The second-order valence-corrected chi connectivity index (χ2v) is 6.29. The zero-order valence-corrected chi connectivity index (χ0v) is 12.7. The van der Waals surface area contributed by atoms with Crippen LogP contribution in [0.3, 0.4) is 0 Å². The fourth-order valence-electron chi connectivity index (χ4n) is 2.85. The van der Waals surface area contributed by atoms with Crippen LogP contribution in [0.1, 0.15) is 38.7 Å². The van der Waals surface area contributed by atoms with E-state index in [4.69, 9.17) is 0 Å². The summed E-state index contributed by atoms with van der Waals surface area (Å²) in [7, 11) is 0. The third kappa shape index (κ3) is 2.79. The highest BCUT2D eigenvalue weighted by molar-refractivity contribution is 9.10. The normalized spacial score (nSPS) is 27.8. The molecule has 1 aromatic rings. The predicted octanol–water partition coefficient (Wildman–Crippen LogP) is 3.43. The first-order valence-electron chi connectivity index (χ1n) is 6.76. The minimum atomic E-state index is -0.825. The van der Waals surface area contributed by atoms with Crippen LogP contribution in [-0.4, -0.2) is 17.7 Å². The van der Waals surface area contributed by atoms with Crippen LogP contribution in [0, 0.1) is 5.92 Å². The molecule has 0 saturated carbocycles. The monoisotopic (exact) mass is 311 g/mol. The van der Waals surface area contributed by atoms with Gasteiger partial charge >= 0.3 is 0 Å². The fraction of sp³-hybridized carbons (Fsp3) is 0.600. The molecular formula is C15H22BrNO. The van der Waals surface area contributed by atoms with E-state index in [-0.39, 0.29) is 6.04 Å². The topological polar surface area (TPSA) is 32.3 Å². The molecule has 0 spiro atoms. The molecule has 0 amide bonds. The third-order valence-electron chi connectivity index (χ3n) is 4.19. The molecule has 3 unspecified atom stereocenters. The van der Waals surface area contributed by atoms with Gasteiger partial charge in [0.15, 0.2) is 0 Å². The molecular weight excluding hydrogens is 290 g/mol. The van der Waals surface area contributed by atoms with Crippen LogP contribution in [0.4, 0.5) is 0 Å². The lowest BCUT2D eigenvalue weighted by Gasteiger charge is -2.40. The van der Waals surface area contributed by atoms with Gasteiger partial charge < -0.3 is 10.4 Å². The van der Waals surface area contributed by atoms with Gasteiger partial charge in [-0.05, 0) is 43.9 Å². The maximum Gasteiger partial charge on any atom is 0.103 e. The van der Waals surface area contributed by atoms with Gasteiger partial charge in [0, 0.05) is 10.5 Å². The van der Waals surface area contributed by atoms with E-state index in [1.54, 1.807) is 0 Å². The van der Waals surface area contributed by atoms with Gasteiger partial charge in [-0.15, -0.1) is 0 Å². The molecule has 3 heteroatoms. The Bertz CT molecular complexity index is 405. The second kappa shape index (κ2) is 5.72. The van der Waals surface area contributed by atoms with Crippen LogP contribution in [-0.2, 0) is 5.60 Å². The molecule has 1 aliphatic rings. The zero-order valence-electron chi connectivity index (χ0n) is 11.1. The van der Waals surface area contributed by atoms with Crippen molar-refractivity contribution in [2.45, 2.75) is 44.8 Å². The minimum absolute atomic E-state index is 0.134. The number of benzene rings is 1. The number of hydrogen-bond acceptors (Lipinski definition) is 2. The van der Waals surface area contributed by atoms with Crippen LogP contribution < -0.4 is 5.32 Å². The molecule has 1 saturated heterocycles. The Kier molecular flexibility index (Phi) is 4.46. The van der Waals surface area contributed by atoms with Crippen LogP contribution in [0.25, 0.3) is 0 Å². The van der Waals surface area contributed by atoms with Gasteiger partial charge in [0.2, 0.25) is 0 Å². The Balaban J connectivity index is 2.22. The molecule has 0 aromatic heterocycles.